The van der Waals surface area contributed by atoms with Gasteiger partial charge in [-0.25, -0.2) is 9.69 Å². The van der Waals surface area contributed by atoms with E-state index in [1.165, 1.54) is 5.56 Å². The summed E-state index contributed by atoms with van der Waals surface area (Å²) in [5, 5.41) is 23.6. The summed E-state index contributed by atoms with van der Waals surface area (Å²) in [6.07, 6.45) is 4.51. The number of nitrogens with zero attached hydrogens (tertiary/aromatic N) is 6. The van der Waals surface area contributed by atoms with E-state index in [0.717, 1.165) is 34.3 Å². The molecule has 0 spiro atoms. The molecule has 0 aliphatic carbocycles. The Morgan fingerprint density at radius 1 is 0.909 bits per heavy atom. The van der Waals surface area contributed by atoms with Gasteiger partial charge in [-0.05, 0) is 53.9 Å². The summed E-state index contributed by atoms with van der Waals surface area (Å²) < 4.78 is 1.86. The van der Waals surface area contributed by atoms with Crippen molar-refractivity contribution >= 4 is 22.4 Å². The highest BCUT2D eigenvalue weighted by molar-refractivity contribution is 5.91. The molecule has 0 saturated carbocycles. The zero-order valence-electron chi connectivity index (χ0n) is 17.8. The number of aromatic nitrogens is 4. The number of hydrogen-bond acceptors (Lipinski definition) is 6. The molecule has 6 rings (SSSR count). The third-order valence-corrected chi connectivity index (χ3v) is 6.03. The number of aromatic amines is 1. The van der Waals surface area contributed by atoms with Crippen molar-refractivity contribution in [1.29, 1.82) is 0 Å². The van der Waals surface area contributed by atoms with Crippen LogP contribution in [0.5, 0.6) is 0 Å². The first-order chi connectivity index (χ1) is 16.3. The summed E-state index contributed by atoms with van der Waals surface area (Å²) in [6.45, 7) is 0. The van der Waals surface area contributed by atoms with Crippen LogP contribution in [0.4, 0.5) is 11.5 Å². The Kier molecular flexibility index (Phi) is 4.61. The summed E-state index contributed by atoms with van der Waals surface area (Å²) in [5.74, 6) is 0.473. The van der Waals surface area contributed by atoms with Gasteiger partial charge in [0.25, 0.3) is 0 Å². The Bertz CT molecular complexity index is 1420. The summed E-state index contributed by atoms with van der Waals surface area (Å²) in [4.78, 5) is 0. The minimum atomic E-state index is -0.0775. The predicted molar refractivity (Wildman–Crippen MR) is 128 cm³/mol. The van der Waals surface area contributed by atoms with E-state index in [2.05, 4.69) is 69.1 Å². The van der Waals surface area contributed by atoms with Crippen molar-refractivity contribution in [3.63, 3.8) is 0 Å². The molecule has 2 aromatic heterocycles. The van der Waals surface area contributed by atoms with E-state index in [9.17, 15) is 0 Å². The standard InChI is InChI=1S/C25H22N8/c26-25-21-16-20(10-11-22(21)28-30-25)33-24(23(29-31-33)14-17-6-2-1-3-7-17)18-8-4-9-19(15-18)32-13-5-12-27-32/h1-13,15-16,23-24H,14H2,(H3,26,28,30). The van der Waals surface area contributed by atoms with Crippen LogP contribution in [0.1, 0.15) is 17.2 Å². The number of H-pyrrole nitrogens is 1. The van der Waals surface area contributed by atoms with Crippen molar-refractivity contribution in [2.45, 2.75) is 18.5 Å². The molecule has 2 atom stereocenters. The number of rotatable bonds is 5. The molecule has 162 valence electrons. The van der Waals surface area contributed by atoms with Crippen molar-refractivity contribution in [3.05, 3.63) is 102 Å². The summed E-state index contributed by atoms with van der Waals surface area (Å²) >= 11 is 0. The number of nitrogens with two attached hydrogens (primary N) is 1. The van der Waals surface area contributed by atoms with Gasteiger partial charge in [0.15, 0.2) is 5.82 Å². The molecule has 3 aromatic carbocycles. The molecule has 0 radical (unpaired) electrons. The van der Waals surface area contributed by atoms with E-state index in [4.69, 9.17) is 10.8 Å². The Balaban J connectivity index is 1.42. The molecule has 33 heavy (non-hydrogen) atoms. The zero-order valence-corrected chi connectivity index (χ0v) is 17.8. The average molecular weight is 435 g/mol. The number of fused-ring (bicyclic) bond motifs is 1. The van der Waals surface area contributed by atoms with E-state index < -0.39 is 0 Å². The highest BCUT2D eigenvalue weighted by Gasteiger charge is 2.35. The maximum Gasteiger partial charge on any atom is 0.153 e. The van der Waals surface area contributed by atoms with Crippen LogP contribution in [-0.2, 0) is 6.42 Å². The smallest absolute Gasteiger partial charge is 0.153 e. The molecule has 3 N–H and O–H groups in total. The largest absolute Gasteiger partial charge is 0.382 e. The number of anilines is 2. The van der Waals surface area contributed by atoms with E-state index in [1.807, 2.05) is 46.2 Å². The molecule has 0 fully saturated rings. The van der Waals surface area contributed by atoms with Gasteiger partial charge in [0.2, 0.25) is 0 Å². The quantitative estimate of drug-likeness (QED) is 0.412. The molecule has 0 amide bonds. The molecule has 1 aliphatic rings. The normalized spacial score (nSPS) is 17.8. The van der Waals surface area contributed by atoms with E-state index in [-0.39, 0.29) is 12.1 Å². The highest BCUT2D eigenvalue weighted by atomic mass is 15.6. The Morgan fingerprint density at radius 3 is 2.67 bits per heavy atom. The first-order valence-corrected chi connectivity index (χ1v) is 10.8. The third kappa shape index (κ3) is 3.51. The van der Waals surface area contributed by atoms with Crippen LogP contribution in [0, 0.1) is 0 Å². The van der Waals surface area contributed by atoms with Crippen molar-refractivity contribution in [1.82, 2.24) is 20.0 Å². The molecule has 0 bridgehead atoms. The minimum Gasteiger partial charge on any atom is -0.382 e. The lowest BCUT2D eigenvalue weighted by Crippen LogP contribution is -2.28. The molecular weight excluding hydrogens is 412 g/mol. The van der Waals surface area contributed by atoms with Gasteiger partial charge in [0.1, 0.15) is 12.1 Å². The van der Waals surface area contributed by atoms with Crippen LogP contribution >= 0.6 is 0 Å². The second-order valence-corrected chi connectivity index (χ2v) is 8.14. The molecule has 8 heteroatoms. The van der Waals surface area contributed by atoms with Gasteiger partial charge in [-0.3, -0.25) is 5.10 Å². The lowest BCUT2D eigenvalue weighted by atomic mass is 9.93. The fourth-order valence-electron chi connectivity index (χ4n) is 4.43. The van der Waals surface area contributed by atoms with Crippen LogP contribution in [-0.4, -0.2) is 26.0 Å². The summed E-state index contributed by atoms with van der Waals surface area (Å²) in [5.41, 5.74) is 11.2. The van der Waals surface area contributed by atoms with Gasteiger partial charge in [-0.1, -0.05) is 47.7 Å². The van der Waals surface area contributed by atoms with Crippen LogP contribution in [0.3, 0.4) is 0 Å². The highest BCUT2D eigenvalue weighted by Crippen LogP contribution is 2.39. The third-order valence-electron chi connectivity index (χ3n) is 6.03. The lowest BCUT2D eigenvalue weighted by molar-refractivity contribution is 0.574. The van der Waals surface area contributed by atoms with E-state index in [1.54, 1.807) is 6.20 Å². The fraction of sp³-hybridized carbons (Fsp3) is 0.120. The number of nitrogens with one attached hydrogen (secondary N) is 1. The summed E-state index contributed by atoms with van der Waals surface area (Å²) in [6, 6.07) is 26.6. The maximum atomic E-state index is 6.07. The van der Waals surface area contributed by atoms with Gasteiger partial charge < -0.3 is 5.73 Å². The number of benzene rings is 3. The second kappa shape index (κ2) is 7.90. The van der Waals surface area contributed by atoms with E-state index in [0.29, 0.717) is 5.82 Å². The Hall–Kier alpha value is -4.46. The first-order valence-electron chi connectivity index (χ1n) is 10.8. The van der Waals surface area contributed by atoms with Gasteiger partial charge in [0.05, 0.1) is 16.9 Å². The molecular formula is C25H22N8. The van der Waals surface area contributed by atoms with E-state index >= 15 is 0 Å². The molecule has 3 heterocycles. The second-order valence-electron chi connectivity index (χ2n) is 8.14. The molecule has 8 nitrogen and oxygen atoms in total. The number of nitrogen functional groups attached to an aromatic ring is 1. The monoisotopic (exact) mass is 434 g/mol. The van der Waals surface area contributed by atoms with Gasteiger partial charge in [-0.2, -0.15) is 15.3 Å². The first kappa shape index (κ1) is 19.2. The lowest BCUT2D eigenvalue weighted by Gasteiger charge is -2.27. The molecule has 1 aliphatic heterocycles. The van der Waals surface area contributed by atoms with Crippen LogP contribution in [0.15, 0.2) is 102 Å². The topological polar surface area (TPSA) is 100 Å². The minimum absolute atomic E-state index is 0.0438. The maximum absolute atomic E-state index is 6.07. The van der Waals surface area contributed by atoms with Crippen LogP contribution in [0.25, 0.3) is 16.6 Å². The van der Waals surface area contributed by atoms with Crippen molar-refractivity contribution in [2.75, 3.05) is 10.7 Å². The van der Waals surface area contributed by atoms with Gasteiger partial charge in [-0.15, -0.1) is 0 Å². The van der Waals surface area contributed by atoms with Crippen LogP contribution in [0.2, 0.25) is 0 Å². The zero-order chi connectivity index (χ0) is 22.2. The van der Waals surface area contributed by atoms with Crippen molar-refractivity contribution < 1.29 is 0 Å². The predicted octanol–water partition coefficient (Wildman–Crippen LogP) is 4.87. The Morgan fingerprint density at radius 2 is 1.82 bits per heavy atom. The summed E-state index contributed by atoms with van der Waals surface area (Å²) in [7, 11) is 0. The number of hydrogen-bond donors (Lipinski definition) is 2. The molecule has 0 saturated heterocycles. The van der Waals surface area contributed by atoms with Crippen LogP contribution < -0.4 is 10.7 Å². The van der Waals surface area contributed by atoms with Crippen molar-refractivity contribution in [2.24, 2.45) is 10.3 Å². The van der Waals surface area contributed by atoms with Gasteiger partial charge >= 0.3 is 0 Å². The van der Waals surface area contributed by atoms with Gasteiger partial charge in [0, 0.05) is 17.8 Å². The molecule has 2 unspecified atom stereocenters. The Labute approximate surface area is 190 Å². The molecule has 5 aromatic rings. The fourth-order valence-corrected chi connectivity index (χ4v) is 4.43. The van der Waals surface area contributed by atoms with Crippen molar-refractivity contribution in [3.8, 4) is 5.69 Å². The SMILES string of the molecule is Nc1n[nH]c2ccc(N3N=NC(Cc4ccccc4)C3c3cccc(-n4cccn4)c3)cc12. The average Bonchev–Trinajstić information content (AvgIpc) is 3.61.